The molecule has 1 nitrogen and oxygen atoms in total. The first kappa shape index (κ1) is 15.3. The van der Waals surface area contributed by atoms with Crippen molar-refractivity contribution in [1.82, 2.24) is 0 Å². The fraction of sp³-hybridized carbons (Fsp3) is 0.160. The van der Waals surface area contributed by atoms with Crippen LogP contribution in [0.1, 0.15) is 30.7 Å². The Labute approximate surface area is 153 Å². The molecule has 0 spiro atoms. The molecule has 1 unspecified atom stereocenters. The van der Waals surface area contributed by atoms with E-state index in [-0.39, 0.29) is 5.92 Å². The predicted octanol–water partition coefficient (Wildman–Crippen LogP) is 6.50. The van der Waals surface area contributed by atoms with Gasteiger partial charge in [0.2, 0.25) is 0 Å². The normalized spacial score (nSPS) is 17.2. The Balaban J connectivity index is 1.79. The Bertz CT molecular complexity index is 1140. The van der Waals surface area contributed by atoms with Crippen LogP contribution in [0, 0.1) is 0 Å². The number of rotatable bonds is 2. The first-order valence-corrected chi connectivity index (χ1v) is 9.35. The van der Waals surface area contributed by atoms with Gasteiger partial charge in [-0.25, -0.2) is 0 Å². The molecule has 0 heterocycles. The van der Waals surface area contributed by atoms with E-state index in [9.17, 15) is 4.79 Å². The van der Waals surface area contributed by atoms with Crippen LogP contribution < -0.4 is 0 Å². The summed E-state index contributed by atoms with van der Waals surface area (Å²) in [4.78, 5) is 12.6. The number of carbonyl (C=O) groups excluding carboxylic acids is 1. The zero-order valence-corrected chi connectivity index (χ0v) is 14.6. The fourth-order valence-corrected chi connectivity index (χ4v) is 4.40. The molecule has 0 saturated heterocycles. The minimum atomic E-state index is 0.0302. The lowest BCUT2D eigenvalue weighted by atomic mass is 9.84. The number of carbonyl (C=O) groups is 1. The molecule has 4 aromatic carbocycles. The van der Waals surface area contributed by atoms with Crippen LogP contribution >= 0.6 is 0 Å². The fourth-order valence-electron chi connectivity index (χ4n) is 4.40. The summed E-state index contributed by atoms with van der Waals surface area (Å²) in [6, 6.07) is 27.9. The van der Waals surface area contributed by atoms with E-state index in [2.05, 4.69) is 78.9 Å². The van der Waals surface area contributed by atoms with E-state index in [1.165, 1.54) is 38.2 Å². The molecule has 0 aliphatic heterocycles. The zero-order chi connectivity index (χ0) is 17.5. The lowest BCUT2D eigenvalue weighted by Gasteiger charge is -2.18. The second-order valence-electron chi connectivity index (χ2n) is 7.22. The minimum Gasteiger partial charge on any atom is -0.299 e. The highest BCUT2D eigenvalue weighted by atomic mass is 16.1. The number of hydrogen-bond acceptors (Lipinski definition) is 1. The van der Waals surface area contributed by atoms with Crippen LogP contribution in [-0.2, 0) is 4.79 Å². The van der Waals surface area contributed by atoms with Crippen LogP contribution in [-0.4, -0.2) is 5.78 Å². The maximum Gasteiger partial charge on any atom is 0.140 e. The van der Waals surface area contributed by atoms with E-state index >= 15 is 0 Å². The van der Waals surface area contributed by atoms with Crippen molar-refractivity contribution >= 4 is 27.3 Å². The lowest BCUT2D eigenvalue weighted by Crippen LogP contribution is -2.07. The van der Waals surface area contributed by atoms with Crippen LogP contribution in [0.2, 0.25) is 0 Å². The molecule has 1 aliphatic rings. The summed E-state index contributed by atoms with van der Waals surface area (Å²) in [6.07, 6.45) is 2.68. The van der Waals surface area contributed by atoms with Gasteiger partial charge in [0.25, 0.3) is 0 Å². The Morgan fingerprint density at radius 3 is 2.27 bits per heavy atom. The van der Waals surface area contributed by atoms with Crippen LogP contribution in [0.4, 0.5) is 0 Å². The largest absolute Gasteiger partial charge is 0.299 e. The molecule has 1 aliphatic carbocycles. The lowest BCUT2D eigenvalue weighted by molar-refractivity contribution is -0.118. The summed E-state index contributed by atoms with van der Waals surface area (Å²) in [5, 5.41) is 4.92. The smallest absolute Gasteiger partial charge is 0.140 e. The number of Topliss-reactive ketones (excluding diaryl/α,β-unsaturated/α-hetero) is 1. The van der Waals surface area contributed by atoms with E-state index in [1.807, 2.05) is 0 Å². The highest BCUT2D eigenvalue weighted by molar-refractivity contribution is 6.00. The maximum atomic E-state index is 12.6. The Morgan fingerprint density at radius 2 is 1.46 bits per heavy atom. The van der Waals surface area contributed by atoms with Gasteiger partial charge in [-0.2, -0.15) is 0 Å². The van der Waals surface area contributed by atoms with Gasteiger partial charge in [0.1, 0.15) is 5.78 Å². The first-order chi connectivity index (χ1) is 12.8. The van der Waals surface area contributed by atoms with Crippen molar-refractivity contribution in [2.45, 2.75) is 25.2 Å². The van der Waals surface area contributed by atoms with Crippen molar-refractivity contribution < 1.29 is 4.79 Å². The average Bonchev–Trinajstić information content (AvgIpc) is 3.12. The number of fused-ring (bicyclic) bond motifs is 2. The second-order valence-corrected chi connectivity index (χ2v) is 7.22. The third kappa shape index (κ3) is 2.43. The number of benzene rings is 4. The molecule has 26 heavy (non-hydrogen) atoms. The van der Waals surface area contributed by atoms with Gasteiger partial charge in [0.05, 0.1) is 0 Å². The standard InChI is InChI=1S/C25H20O/c26-24-11-5-10-23(24)25-21-9-4-3-7-18(21)14-15-22(25)20-13-12-17-6-1-2-8-19(17)16-20/h1-4,6-9,12-16,23H,5,10-11H2. The summed E-state index contributed by atoms with van der Waals surface area (Å²) in [6.45, 7) is 0. The molecule has 1 saturated carbocycles. The highest BCUT2D eigenvalue weighted by Crippen LogP contribution is 2.41. The van der Waals surface area contributed by atoms with Crippen molar-refractivity contribution in [2.75, 3.05) is 0 Å². The Kier molecular flexibility index (Phi) is 3.60. The van der Waals surface area contributed by atoms with Crippen LogP contribution in [0.3, 0.4) is 0 Å². The van der Waals surface area contributed by atoms with Crippen LogP contribution in [0.15, 0.2) is 78.9 Å². The van der Waals surface area contributed by atoms with Crippen molar-refractivity contribution in [3.8, 4) is 11.1 Å². The van der Waals surface area contributed by atoms with Crippen LogP contribution in [0.5, 0.6) is 0 Å². The van der Waals surface area contributed by atoms with Crippen molar-refractivity contribution in [2.24, 2.45) is 0 Å². The molecule has 0 aromatic heterocycles. The predicted molar refractivity (Wildman–Crippen MR) is 108 cm³/mol. The van der Waals surface area contributed by atoms with Crippen molar-refractivity contribution in [3.63, 3.8) is 0 Å². The molecule has 1 atom stereocenters. The highest BCUT2D eigenvalue weighted by Gasteiger charge is 2.29. The summed E-state index contributed by atoms with van der Waals surface area (Å²) in [5.74, 6) is 0.422. The van der Waals surface area contributed by atoms with Crippen molar-refractivity contribution in [1.29, 1.82) is 0 Å². The Morgan fingerprint density at radius 1 is 0.731 bits per heavy atom. The second kappa shape index (κ2) is 6.10. The van der Waals surface area contributed by atoms with Gasteiger partial charge < -0.3 is 0 Å². The van der Waals surface area contributed by atoms with E-state index < -0.39 is 0 Å². The third-order valence-corrected chi connectivity index (χ3v) is 5.68. The molecule has 126 valence electrons. The zero-order valence-electron chi connectivity index (χ0n) is 14.6. The monoisotopic (exact) mass is 336 g/mol. The number of ketones is 1. The minimum absolute atomic E-state index is 0.0302. The maximum absolute atomic E-state index is 12.6. The van der Waals surface area contributed by atoms with E-state index in [4.69, 9.17) is 0 Å². The van der Waals surface area contributed by atoms with Gasteiger partial charge in [0.15, 0.2) is 0 Å². The molecule has 1 fully saturated rings. The van der Waals surface area contributed by atoms with Crippen LogP contribution in [0.25, 0.3) is 32.7 Å². The summed E-state index contributed by atoms with van der Waals surface area (Å²) < 4.78 is 0. The molecular weight excluding hydrogens is 316 g/mol. The van der Waals surface area contributed by atoms with E-state index in [0.29, 0.717) is 12.2 Å². The molecule has 0 amide bonds. The van der Waals surface area contributed by atoms with E-state index in [0.717, 1.165) is 12.8 Å². The van der Waals surface area contributed by atoms with Gasteiger partial charge in [-0.1, -0.05) is 72.8 Å². The Hall–Kier alpha value is -2.93. The van der Waals surface area contributed by atoms with Gasteiger partial charge in [-0.05, 0) is 57.1 Å². The van der Waals surface area contributed by atoms with Gasteiger partial charge in [-0.3, -0.25) is 4.79 Å². The average molecular weight is 336 g/mol. The molecule has 1 heteroatoms. The number of hydrogen-bond donors (Lipinski definition) is 0. The molecule has 4 aromatic rings. The topological polar surface area (TPSA) is 17.1 Å². The first-order valence-electron chi connectivity index (χ1n) is 9.35. The van der Waals surface area contributed by atoms with Gasteiger partial charge >= 0.3 is 0 Å². The molecule has 0 N–H and O–H groups in total. The van der Waals surface area contributed by atoms with E-state index in [1.54, 1.807) is 0 Å². The summed E-state index contributed by atoms with van der Waals surface area (Å²) >= 11 is 0. The summed E-state index contributed by atoms with van der Waals surface area (Å²) in [5.41, 5.74) is 3.62. The third-order valence-electron chi connectivity index (χ3n) is 5.68. The van der Waals surface area contributed by atoms with Crippen molar-refractivity contribution in [3.05, 3.63) is 84.4 Å². The molecule has 5 rings (SSSR count). The molecule has 0 radical (unpaired) electrons. The SMILES string of the molecule is O=C1CCCC1c1c(-c2ccc3ccccc3c2)ccc2ccccc12. The summed E-state index contributed by atoms with van der Waals surface area (Å²) in [7, 11) is 0. The quantitative estimate of drug-likeness (QED) is 0.408. The molecular formula is C25H20O. The molecule has 0 bridgehead atoms. The van der Waals surface area contributed by atoms with Gasteiger partial charge in [-0.15, -0.1) is 0 Å². The van der Waals surface area contributed by atoms with Gasteiger partial charge in [0, 0.05) is 12.3 Å².